The van der Waals surface area contributed by atoms with Gasteiger partial charge in [-0.05, 0) is 58.2 Å². The summed E-state index contributed by atoms with van der Waals surface area (Å²) in [5.41, 5.74) is 0.614. The Morgan fingerprint density at radius 3 is 2.32 bits per heavy atom. The van der Waals surface area contributed by atoms with Crippen LogP contribution in [-0.4, -0.2) is 36.2 Å². The van der Waals surface area contributed by atoms with Crippen LogP contribution < -0.4 is 0 Å². The molecule has 0 saturated heterocycles. The van der Waals surface area contributed by atoms with Crippen LogP contribution in [0.25, 0.3) is 0 Å². The summed E-state index contributed by atoms with van der Waals surface area (Å²) in [7, 11) is 1.50. The zero-order valence-corrected chi connectivity index (χ0v) is 16.2. The number of carbonyl (C=O) groups is 2. The van der Waals surface area contributed by atoms with Gasteiger partial charge >= 0.3 is 12.1 Å². The third kappa shape index (κ3) is 7.61. The molecule has 1 amide bonds. The fourth-order valence-electron chi connectivity index (χ4n) is 2.02. The number of ether oxygens (including phenoxy) is 2. The minimum atomic E-state index is -0.644. The van der Waals surface area contributed by atoms with Crippen molar-refractivity contribution in [1.29, 1.82) is 0 Å². The molecule has 0 aliphatic rings. The molecule has 5 nitrogen and oxygen atoms in total. The van der Waals surface area contributed by atoms with Gasteiger partial charge in [0.1, 0.15) is 11.3 Å². The highest BCUT2D eigenvalue weighted by molar-refractivity contribution is 6.30. The number of aryl methyl sites for hydroxylation is 1. The van der Waals surface area contributed by atoms with Gasteiger partial charge in [-0.1, -0.05) is 29.8 Å². The molecule has 1 aromatic carbocycles. The van der Waals surface area contributed by atoms with E-state index >= 15 is 0 Å². The lowest BCUT2D eigenvalue weighted by atomic mass is 10.1. The summed E-state index contributed by atoms with van der Waals surface area (Å²) in [6, 6.07) is 7.49. The second kappa shape index (κ2) is 9.47. The monoisotopic (exact) mass is 367 g/mol. The maximum atomic E-state index is 12.2. The number of hydrogen-bond donors (Lipinski definition) is 0. The van der Waals surface area contributed by atoms with Crippen LogP contribution >= 0.6 is 11.6 Å². The number of benzene rings is 1. The molecule has 1 rings (SSSR count). The average molecular weight is 368 g/mol. The van der Waals surface area contributed by atoms with Crippen molar-refractivity contribution in [1.82, 2.24) is 4.90 Å². The van der Waals surface area contributed by atoms with Gasteiger partial charge in [-0.3, -0.25) is 4.90 Å². The Hall–Kier alpha value is -2.01. The highest BCUT2D eigenvalue weighted by Crippen LogP contribution is 2.16. The predicted molar refractivity (Wildman–Crippen MR) is 98.5 cm³/mol. The molecule has 0 bridgehead atoms. The molecular formula is C19H26ClNO4. The van der Waals surface area contributed by atoms with Crippen LogP contribution in [0.5, 0.6) is 0 Å². The van der Waals surface area contributed by atoms with E-state index in [0.29, 0.717) is 17.9 Å². The molecule has 0 aromatic heterocycles. The fraction of sp³-hybridized carbons (Fsp3) is 0.474. The largest absolute Gasteiger partial charge is 0.461 e. The van der Waals surface area contributed by atoms with Gasteiger partial charge in [-0.25, -0.2) is 9.59 Å². The van der Waals surface area contributed by atoms with Crippen molar-refractivity contribution < 1.29 is 19.1 Å². The molecule has 25 heavy (non-hydrogen) atoms. The number of allylic oxidation sites excluding steroid dienone is 1. The van der Waals surface area contributed by atoms with E-state index in [4.69, 9.17) is 21.1 Å². The second-order valence-corrected chi connectivity index (χ2v) is 6.95. The lowest BCUT2D eigenvalue weighted by Crippen LogP contribution is -2.36. The van der Waals surface area contributed by atoms with Crippen LogP contribution in [0.1, 0.15) is 39.7 Å². The SMILES string of the molecule is CCOC(=O)C(=CCCc1ccc(Cl)cc1)N(C)C(=O)OC(C)(C)C. The van der Waals surface area contributed by atoms with Crippen molar-refractivity contribution in [3.63, 3.8) is 0 Å². The van der Waals surface area contributed by atoms with Crippen molar-refractivity contribution in [3.8, 4) is 0 Å². The maximum Gasteiger partial charge on any atom is 0.414 e. The summed E-state index contributed by atoms with van der Waals surface area (Å²) in [5, 5.41) is 0.677. The first-order chi connectivity index (χ1) is 11.6. The van der Waals surface area contributed by atoms with Crippen LogP contribution in [0.2, 0.25) is 5.02 Å². The molecule has 0 aliphatic heterocycles. The van der Waals surface area contributed by atoms with Gasteiger partial charge in [-0.15, -0.1) is 0 Å². The van der Waals surface area contributed by atoms with E-state index in [9.17, 15) is 9.59 Å². The van der Waals surface area contributed by atoms with Gasteiger partial charge in [0.2, 0.25) is 0 Å². The number of nitrogens with zero attached hydrogens (tertiary/aromatic N) is 1. The summed E-state index contributed by atoms with van der Waals surface area (Å²) in [6.45, 7) is 7.26. The molecule has 1 aromatic rings. The zero-order chi connectivity index (χ0) is 19.0. The molecule has 0 saturated carbocycles. The summed E-state index contributed by atoms with van der Waals surface area (Å²) >= 11 is 5.87. The number of hydrogen-bond acceptors (Lipinski definition) is 4. The first-order valence-electron chi connectivity index (χ1n) is 8.22. The second-order valence-electron chi connectivity index (χ2n) is 6.51. The van der Waals surface area contributed by atoms with Crippen LogP contribution in [0, 0.1) is 0 Å². The summed E-state index contributed by atoms with van der Waals surface area (Å²) in [4.78, 5) is 25.6. The topological polar surface area (TPSA) is 55.8 Å². The predicted octanol–water partition coefficient (Wildman–Crippen LogP) is 4.59. The number of likely N-dealkylation sites (N-methyl/N-ethyl adjacent to an activating group) is 1. The maximum absolute atomic E-state index is 12.2. The number of halogens is 1. The number of rotatable bonds is 6. The van der Waals surface area contributed by atoms with E-state index in [1.54, 1.807) is 33.8 Å². The first-order valence-corrected chi connectivity index (χ1v) is 8.60. The first kappa shape index (κ1) is 21.0. The lowest BCUT2D eigenvalue weighted by molar-refractivity contribution is -0.140. The van der Waals surface area contributed by atoms with Crippen molar-refractivity contribution in [3.05, 3.63) is 46.6 Å². The lowest BCUT2D eigenvalue weighted by Gasteiger charge is -2.25. The molecule has 0 unspecified atom stereocenters. The average Bonchev–Trinajstić information content (AvgIpc) is 2.51. The van der Waals surface area contributed by atoms with E-state index in [2.05, 4.69) is 0 Å². The highest BCUT2D eigenvalue weighted by Gasteiger charge is 2.25. The van der Waals surface area contributed by atoms with Gasteiger partial charge < -0.3 is 9.47 Å². The van der Waals surface area contributed by atoms with Crippen LogP contribution in [0.15, 0.2) is 36.0 Å². The van der Waals surface area contributed by atoms with Crippen molar-refractivity contribution >= 4 is 23.7 Å². The van der Waals surface area contributed by atoms with E-state index in [1.165, 1.54) is 11.9 Å². The van der Waals surface area contributed by atoms with Gasteiger partial charge in [0.25, 0.3) is 0 Å². The Kier molecular flexibility index (Phi) is 7.97. The van der Waals surface area contributed by atoms with Gasteiger partial charge in [0.05, 0.1) is 6.61 Å². The zero-order valence-electron chi connectivity index (χ0n) is 15.5. The Morgan fingerprint density at radius 1 is 1.20 bits per heavy atom. The summed E-state index contributed by atoms with van der Waals surface area (Å²) in [5.74, 6) is -0.549. The molecular weight excluding hydrogens is 342 g/mol. The molecule has 138 valence electrons. The van der Waals surface area contributed by atoms with Crippen LogP contribution in [0.3, 0.4) is 0 Å². The minimum Gasteiger partial charge on any atom is -0.461 e. The number of esters is 1. The van der Waals surface area contributed by atoms with Crippen molar-refractivity contribution in [2.75, 3.05) is 13.7 Å². The van der Waals surface area contributed by atoms with Gasteiger partial charge in [-0.2, -0.15) is 0 Å². The summed E-state index contributed by atoms with van der Waals surface area (Å²) in [6.07, 6.45) is 2.38. The van der Waals surface area contributed by atoms with Gasteiger partial charge in [0, 0.05) is 12.1 Å². The Labute approximate surface area is 154 Å². The Morgan fingerprint density at radius 2 is 1.80 bits per heavy atom. The third-order valence-electron chi connectivity index (χ3n) is 3.20. The number of carbonyl (C=O) groups excluding carboxylic acids is 2. The Balaban J connectivity index is 2.85. The van der Waals surface area contributed by atoms with E-state index in [1.807, 2.05) is 24.3 Å². The van der Waals surface area contributed by atoms with E-state index in [0.717, 1.165) is 5.56 Å². The van der Waals surface area contributed by atoms with Crippen molar-refractivity contribution in [2.45, 2.75) is 46.1 Å². The molecule has 0 heterocycles. The van der Waals surface area contributed by atoms with Crippen LogP contribution in [0.4, 0.5) is 4.79 Å². The quantitative estimate of drug-likeness (QED) is 0.545. The minimum absolute atomic E-state index is 0.171. The molecule has 0 spiro atoms. The van der Waals surface area contributed by atoms with Crippen LogP contribution in [-0.2, 0) is 20.7 Å². The molecule has 0 radical (unpaired) electrons. The third-order valence-corrected chi connectivity index (χ3v) is 3.45. The van der Waals surface area contributed by atoms with E-state index < -0.39 is 17.7 Å². The summed E-state index contributed by atoms with van der Waals surface area (Å²) < 4.78 is 10.4. The Bertz CT molecular complexity index is 617. The molecule has 0 fully saturated rings. The smallest absolute Gasteiger partial charge is 0.414 e. The molecule has 6 heteroatoms. The number of amides is 1. The standard InChI is InChI=1S/C19H26ClNO4/c1-6-24-17(22)16(21(5)18(23)25-19(2,3)4)9-7-8-14-10-12-15(20)13-11-14/h9-13H,6-8H2,1-5H3. The highest BCUT2D eigenvalue weighted by atomic mass is 35.5. The molecule has 0 aliphatic carbocycles. The fourth-order valence-corrected chi connectivity index (χ4v) is 2.14. The van der Waals surface area contributed by atoms with E-state index in [-0.39, 0.29) is 12.3 Å². The van der Waals surface area contributed by atoms with Gasteiger partial charge in [0.15, 0.2) is 0 Å². The normalized spacial score (nSPS) is 11.8. The molecule has 0 N–H and O–H groups in total. The van der Waals surface area contributed by atoms with Crippen molar-refractivity contribution in [2.24, 2.45) is 0 Å². The molecule has 0 atom stereocenters.